The third-order valence-corrected chi connectivity index (χ3v) is 6.66. The number of phenolic OH excluding ortho intramolecular Hbond substituents is 1. The zero-order valence-electron chi connectivity index (χ0n) is 18.1. The summed E-state index contributed by atoms with van der Waals surface area (Å²) in [7, 11) is 0. The molecule has 0 bridgehead atoms. The Morgan fingerprint density at radius 1 is 1.06 bits per heavy atom. The lowest BCUT2D eigenvalue weighted by atomic mass is 9.93. The summed E-state index contributed by atoms with van der Waals surface area (Å²) in [5, 5.41) is 19.4. The van der Waals surface area contributed by atoms with Gasteiger partial charge in [-0.25, -0.2) is 0 Å². The smallest absolute Gasteiger partial charge is 0.273 e. The first-order chi connectivity index (χ1) is 15.8. The highest BCUT2D eigenvalue weighted by Gasteiger charge is 2.42. The van der Waals surface area contributed by atoms with Gasteiger partial charge in [0.2, 0.25) is 0 Å². The largest absolute Gasteiger partial charge is 0.507 e. The molecule has 4 aromatic rings. The number of hydrogen-bond acceptors (Lipinski definition) is 3. The number of rotatable bonds is 4. The molecule has 1 amide bonds. The van der Waals surface area contributed by atoms with Crippen molar-refractivity contribution in [3.8, 4) is 17.0 Å². The molecule has 5 nitrogen and oxygen atoms in total. The summed E-state index contributed by atoms with van der Waals surface area (Å²) in [5.74, 6) is -0.0402. The maximum atomic E-state index is 13.6. The van der Waals surface area contributed by atoms with Crippen molar-refractivity contribution < 1.29 is 9.90 Å². The molecule has 0 saturated heterocycles. The van der Waals surface area contributed by atoms with Crippen molar-refractivity contribution in [3.63, 3.8) is 0 Å². The van der Waals surface area contributed by atoms with Crippen molar-refractivity contribution in [1.29, 1.82) is 0 Å². The van der Waals surface area contributed by atoms with Gasteiger partial charge in [0.1, 0.15) is 17.1 Å². The molecule has 1 aliphatic heterocycles. The minimum atomic E-state index is -0.421. The Hall–Kier alpha value is -3.28. The van der Waals surface area contributed by atoms with Gasteiger partial charge in [-0.05, 0) is 60.4 Å². The zero-order chi connectivity index (χ0) is 23.3. The molecule has 7 heteroatoms. The molecule has 2 heterocycles. The molecule has 0 fully saturated rings. The molecular formula is C26H21Cl2N3O2. The Balaban J connectivity index is 1.70. The van der Waals surface area contributed by atoms with Crippen molar-refractivity contribution in [3.05, 3.63) is 104 Å². The lowest BCUT2D eigenvalue weighted by Gasteiger charge is -2.27. The Bertz CT molecular complexity index is 1360. The summed E-state index contributed by atoms with van der Waals surface area (Å²) in [6.07, 6.45) is 0. The van der Waals surface area contributed by atoms with E-state index in [-0.39, 0.29) is 11.7 Å². The lowest BCUT2D eigenvalue weighted by molar-refractivity contribution is 0.0730. The molecule has 0 radical (unpaired) electrons. The number of aryl methyl sites for hydroxylation is 2. The van der Waals surface area contributed by atoms with Crippen molar-refractivity contribution >= 4 is 29.1 Å². The normalized spacial score (nSPS) is 15.2. The lowest BCUT2D eigenvalue weighted by Crippen LogP contribution is -2.29. The molecular weight excluding hydrogens is 457 g/mol. The van der Waals surface area contributed by atoms with Crippen LogP contribution in [-0.2, 0) is 6.54 Å². The topological polar surface area (TPSA) is 69.2 Å². The van der Waals surface area contributed by atoms with Crippen LogP contribution in [0.1, 0.15) is 44.3 Å². The summed E-state index contributed by atoms with van der Waals surface area (Å²) in [6.45, 7) is 4.18. The molecule has 33 heavy (non-hydrogen) atoms. The van der Waals surface area contributed by atoms with Crippen LogP contribution in [0.4, 0.5) is 0 Å². The number of nitrogens with zero attached hydrogens (tertiary/aromatic N) is 2. The van der Waals surface area contributed by atoms with Crippen molar-refractivity contribution in [2.75, 3.05) is 0 Å². The van der Waals surface area contributed by atoms with Gasteiger partial charge in [0.25, 0.3) is 5.91 Å². The molecule has 1 aromatic heterocycles. The van der Waals surface area contributed by atoms with Gasteiger partial charge in [0.05, 0.1) is 6.04 Å². The van der Waals surface area contributed by atoms with E-state index in [2.05, 4.69) is 10.2 Å². The van der Waals surface area contributed by atoms with E-state index in [0.29, 0.717) is 33.5 Å². The van der Waals surface area contributed by atoms with Crippen molar-refractivity contribution in [1.82, 2.24) is 15.1 Å². The highest BCUT2D eigenvalue weighted by molar-refractivity contribution is 6.31. The fourth-order valence-corrected chi connectivity index (χ4v) is 4.93. The fourth-order valence-electron chi connectivity index (χ4n) is 4.61. The maximum absolute atomic E-state index is 13.6. The van der Waals surface area contributed by atoms with E-state index in [1.807, 2.05) is 56.3 Å². The van der Waals surface area contributed by atoms with E-state index in [0.717, 1.165) is 27.8 Å². The molecule has 0 spiro atoms. The quantitative estimate of drug-likeness (QED) is 0.354. The zero-order valence-corrected chi connectivity index (χ0v) is 19.6. The first kappa shape index (κ1) is 21.6. The number of benzene rings is 3. The predicted molar refractivity (Wildman–Crippen MR) is 130 cm³/mol. The predicted octanol–water partition coefficient (Wildman–Crippen LogP) is 6.45. The summed E-state index contributed by atoms with van der Waals surface area (Å²) >= 11 is 12.6. The van der Waals surface area contributed by atoms with Gasteiger partial charge in [-0.15, -0.1) is 0 Å². The second-order valence-electron chi connectivity index (χ2n) is 8.32. The summed E-state index contributed by atoms with van der Waals surface area (Å²) in [4.78, 5) is 15.3. The number of fused-ring (bicyclic) bond motifs is 1. The van der Waals surface area contributed by atoms with Gasteiger partial charge < -0.3 is 10.0 Å². The van der Waals surface area contributed by atoms with E-state index >= 15 is 0 Å². The van der Waals surface area contributed by atoms with E-state index < -0.39 is 6.04 Å². The van der Waals surface area contributed by atoms with Crippen LogP contribution in [0.3, 0.4) is 0 Å². The van der Waals surface area contributed by atoms with Gasteiger partial charge in [0, 0.05) is 27.7 Å². The highest BCUT2D eigenvalue weighted by Crippen LogP contribution is 2.46. The molecule has 0 saturated carbocycles. The summed E-state index contributed by atoms with van der Waals surface area (Å²) < 4.78 is 0. The van der Waals surface area contributed by atoms with E-state index in [1.165, 1.54) is 0 Å². The van der Waals surface area contributed by atoms with Crippen LogP contribution in [0.15, 0.2) is 60.7 Å². The summed E-state index contributed by atoms with van der Waals surface area (Å²) in [5.41, 5.74) is 5.90. The van der Waals surface area contributed by atoms with E-state index in [4.69, 9.17) is 23.2 Å². The number of H-pyrrole nitrogens is 1. The van der Waals surface area contributed by atoms with Gasteiger partial charge in [-0.3, -0.25) is 9.89 Å². The third kappa shape index (κ3) is 3.67. The first-order valence-corrected chi connectivity index (χ1v) is 11.3. The van der Waals surface area contributed by atoms with Crippen LogP contribution >= 0.6 is 23.2 Å². The minimum Gasteiger partial charge on any atom is -0.507 e. The van der Waals surface area contributed by atoms with Crippen LogP contribution in [0.2, 0.25) is 10.0 Å². The second-order valence-corrected chi connectivity index (χ2v) is 9.16. The fraction of sp³-hybridized carbons (Fsp3) is 0.154. The molecule has 1 unspecified atom stereocenters. The number of carbonyl (C=O) groups is 1. The standard InChI is InChI=1S/C26H21Cl2N3O2/c1-14-11-15(2)21(20(32)12-14)23-22-24(30-29-23)26(33)31(13-17-5-3-4-6-19(17)28)25(22)16-7-9-18(27)10-8-16/h3-12,25,32H,13H2,1-2H3,(H,29,30). The monoisotopic (exact) mass is 477 g/mol. The van der Waals surface area contributed by atoms with Gasteiger partial charge >= 0.3 is 0 Å². The molecule has 5 rings (SSSR count). The first-order valence-electron chi connectivity index (χ1n) is 10.5. The van der Waals surface area contributed by atoms with Crippen LogP contribution in [0.25, 0.3) is 11.3 Å². The molecule has 0 aliphatic carbocycles. The van der Waals surface area contributed by atoms with Crippen LogP contribution in [0, 0.1) is 13.8 Å². The average molecular weight is 478 g/mol. The number of aromatic amines is 1. The maximum Gasteiger partial charge on any atom is 0.273 e. The number of carbonyl (C=O) groups excluding carboxylic acids is 1. The van der Waals surface area contributed by atoms with Crippen LogP contribution < -0.4 is 0 Å². The molecule has 166 valence electrons. The Morgan fingerprint density at radius 3 is 2.48 bits per heavy atom. The SMILES string of the molecule is Cc1cc(C)c(-c2n[nH]c3c2C(c2ccc(Cl)cc2)N(Cc2ccccc2Cl)C3=O)c(O)c1. The Labute approximate surface area is 201 Å². The third-order valence-electron chi connectivity index (χ3n) is 6.04. The highest BCUT2D eigenvalue weighted by atomic mass is 35.5. The number of hydrogen-bond donors (Lipinski definition) is 2. The van der Waals surface area contributed by atoms with Gasteiger partial charge in [-0.1, -0.05) is 59.6 Å². The molecule has 2 N–H and O–H groups in total. The number of halogens is 2. The van der Waals surface area contributed by atoms with Crippen LogP contribution in [0.5, 0.6) is 5.75 Å². The minimum absolute atomic E-state index is 0.133. The number of amides is 1. The van der Waals surface area contributed by atoms with E-state index in [1.54, 1.807) is 23.1 Å². The Kier molecular flexibility index (Phi) is 5.39. The molecule has 3 aromatic carbocycles. The molecule has 1 aliphatic rings. The summed E-state index contributed by atoms with van der Waals surface area (Å²) in [6, 6.07) is 18.2. The second kappa shape index (κ2) is 8.25. The average Bonchev–Trinajstić information content (AvgIpc) is 3.29. The Morgan fingerprint density at radius 2 is 1.79 bits per heavy atom. The van der Waals surface area contributed by atoms with E-state index in [9.17, 15) is 9.90 Å². The molecule has 1 atom stereocenters. The van der Waals surface area contributed by atoms with Gasteiger partial charge in [0.15, 0.2) is 0 Å². The number of aromatic nitrogens is 2. The van der Waals surface area contributed by atoms with Crippen molar-refractivity contribution in [2.45, 2.75) is 26.4 Å². The number of phenols is 1. The van der Waals surface area contributed by atoms with Crippen molar-refractivity contribution in [2.24, 2.45) is 0 Å². The number of aromatic hydroxyl groups is 1. The van der Waals surface area contributed by atoms with Crippen LogP contribution in [-0.4, -0.2) is 26.1 Å². The number of nitrogens with one attached hydrogen (secondary N) is 1. The van der Waals surface area contributed by atoms with Gasteiger partial charge in [-0.2, -0.15) is 5.10 Å².